The zero-order valence-corrected chi connectivity index (χ0v) is 20.9. The maximum absolute atomic E-state index is 11.0. The molecule has 0 saturated heterocycles. The number of carboxylic acid groups (broad SMARTS) is 1. The second-order valence-corrected chi connectivity index (χ2v) is 14.4. The molecule has 5 heteroatoms. The van der Waals surface area contributed by atoms with Gasteiger partial charge in [-0.25, -0.2) is 9.78 Å². The van der Waals surface area contributed by atoms with Gasteiger partial charge in [0.1, 0.15) is 19.5 Å². The molecule has 0 aliphatic heterocycles. The van der Waals surface area contributed by atoms with E-state index in [9.17, 15) is 4.79 Å². The van der Waals surface area contributed by atoms with Gasteiger partial charge in [-0.2, -0.15) is 0 Å². The number of carboxylic acids is 1. The molecule has 0 saturated carbocycles. The molecule has 32 heavy (non-hydrogen) atoms. The predicted octanol–water partition coefficient (Wildman–Crippen LogP) is 6.17. The van der Waals surface area contributed by atoms with Gasteiger partial charge in [-0.15, -0.1) is 11.5 Å². The number of hydrogen-bond acceptors (Lipinski definition) is 3. The van der Waals surface area contributed by atoms with E-state index in [1.54, 1.807) is 6.07 Å². The maximum Gasteiger partial charge on any atom is 0.354 e. The van der Waals surface area contributed by atoms with Gasteiger partial charge < -0.3 is 9.84 Å². The number of benzene rings is 1. The van der Waals surface area contributed by atoms with Gasteiger partial charge in [0.25, 0.3) is 0 Å². The van der Waals surface area contributed by atoms with Crippen molar-refractivity contribution in [2.45, 2.75) is 64.6 Å². The van der Waals surface area contributed by atoms with E-state index < -0.39 is 14.0 Å². The molecule has 0 spiro atoms. The van der Waals surface area contributed by atoms with Gasteiger partial charge >= 0.3 is 5.97 Å². The summed E-state index contributed by atoms with van der Waals surface area (Å²) in [5, 5.41) is 9.01. The molecule has 168 valence electrons. The maximum atomic E-state index is 11.0. The van der Waals surface area contributed by atoms with E-state index in [-0.39, 0.29) is 5.69 Å². The van der Waals surface area contributed by atoms with Crippen LogP contribution in [0.3, 0.4) is 0 Å². The highest BCUT2D eigenvalue weighted by Crippen LogP contribution is 2.40. The first-order valence-corrected chi connectivity index (χ1v) is 13.3. The first-order valence-electron chi connectivity index (χ1n) is 11.1. The lowest BCUT2D eigenvalue weighted by atomic mass is 10.2. The Balaban J connectivity index is 1.96. The van der Waals surface area contributed by atoms with Gasteiger partial charge in [0.15, 0.2) is 0 Å². The molecule has 0 unspecified atom stereocenters. The van der Waals surface area contributed by atoms with Crippen molar-refractivity contribution in [3.63, 3.8) is 0 Å². The van der Waals surface area contributed by atoms with E-state index in [4.69, 9.17) is 9.84 Å². The highest BCUT2D eigenvalue weighted by Gasteiger charge is 2.41. The summed E-state index contributed by atoms with van der Waals surface area (Å²) in [6, 6.07) is 10.7. The first-order chi connectivity index (χ1) is 15.2. The lowest BCUT2D eigenvalue weighted by Crippen LogP contribution is -2.43. The van der Waals surface area contributed by atoms with Crippen LogP contribution in [0.25, 0.3) is 0 Å². The Hall–Kier alpha value is -3.02. The van der Waals surface area contributed by atoms with Gasteiger partial charge in [0.2, 0.25) is 0 Å². The van der Waals surface area contributed by atoms with Crippen LogP contribution in [0.2, 0.25) is 16.6 Å². The Bertz CT molecular complexity index is 1010. The van der Waals surface area contributed by atoms with Crippen LogP contribution in [0.5, 0.6) is 5.75 Å². The SMILES string of the molecule is CC(C)[Si](C#CCCOc1ccc(C#Cc2ccnc(C(=O)O)c2)cc1)(C(C)C)C(C)C. The second kappa shape index (κ2) is 11.6. The minimum atomic E-state index is -1.68. The van der Waals surface area contributed by atoms with Gasteiger partial charge in [0, 0.05) is 23.7 Å². The smallest absolute Gasteiger partial charge is 0.354 e. The van der Waals surface area contributed by atoms with E-state index in [0.717, 1.165) is 17.7 Å². The fourth-order valence-electron chi connectivity index (χ4n) is 4.27. The summed E-state index contributed by atoms with van der Waals surface area (Å²) in [6.07, 6.45) is 2.17. The van der Waals surface area contributed by atoms with E-state index in [0.29, 0.717) is 28.8 Å². The van der Waals surface area contributed by atoms with Crippen LogP contribution in [0, 0.1) is 23.3 Å². The summed E-state index contributed by atoms with van der Waals surface area (Å²) < 4.78 is 5.85. The first kappa shape index (κ1) is 25.2. The monoisotopic (exact) mass is 447 g/mol. The summed E-state index contributed by atoms with van der Waals surface area (Å²) >= 11 is 0. The Labute approximate surface area is 193 Å². The fourth-order valence-corrected chi connectivity index (χ4v) is 9.57. The largest absolute Gasteiger partial charge is 0.493 e. The Morgan fingerprint density at radius 3 is 2.12 bits per heavy atom. The van der Waals surface area contributed by atoms with Crippen molar-refractivity contribution in [3.8, 4) is 29.1 Å². The zero-order valence-electron chi connectivity index (χ0n) is 19.9. The third-order valence-electron chi connectivity index (χ3n) is 5.85. The van der Waals surface area contributed by atoms with Gasteiger partial charge in [-0.1, -0.05) is 53.4 Å². The summed E-state index contributed by atoms with van der Waals surface area (Å²) in [6.45, 7) is 14.5. The normalized spacial score (nSPS) is 11.0. The average molecular weight is 448 g/mol. The van der Waals surface area contributed by atoms with E-state index >= 15 is 0 Å². The Morgan fingerprint density at radius 2 is 1.56 bits per heavy atom. The molecular formula is C27H33NO3Si. The Morgan fingerprint density at radius 1 is 0.969 bits per heavy atom. The number of carbonyl (C=O) groups is 1. The molecule has 0 amide bonds. The van der Waals surface area contributed by atoms with Crippen molar-refractivity contribution in [1.29, 1.82) is 0 Å². The van der Waals surface area contributed by atoms with Crippen LogP contribution in [0.1, 0.15) is 69.6 Å². The molecule has 2 aromatic rings. The van der Waals surface area contributed by atoms with Crippen LogP contribution >= 0.6 is 0 Å². The molecule has 2 rings (SSSR count). The van der Waals surface area contributed by atoms with Crippen LogP contribution in [0.15, 0.2) is 42.6 Å². The molecule has 1 heterocycles. The number of rotatable bonds is 7. The summed E-state index contributed by atoms with van der Waals surface area (Å²) in [5.74, 6) is 9.15. The molecule has 0 radical (unpaired) electrons. The third-order valence-corrected chi connectivity index (χ3v) is 12.2. The van der Waals surface area contributed by atoms with Gasteiger partial charge in [-0.05, 0) is 53.0 Å². The van der Waals surface area contributed by atoms with E-state index in [2.05, 4.69) is 69.8 Å². The summed E-state index contributed by atoms with van der Waals surface area (Å²) in [5.41, 5.74) is 7.04. The lowest BCUT2D eigenvalue weighted by molar-refractivity contribution is 0.0690. The van der Waals surface area contributed by atoms with Crippen molar-refractivity contribution < 1.29 is 14.6 Å². The summed E-state index contributed by atoms with van der Waals surface area (Å²) in [4.78, 5) is 14.8. The number of nitrogens with zero attached hydrogens (tertiary/aromatic N) is 1. The molecule has 4 nitrogen and oxygen atoms in total. The quantitative estimate of drug-likeness (QED) is 0.313. The minimum Gasteiger partial charge on any atom is -0.493 e. The molecule has 0 aliphatic rings. The molecule has 0 atom stereocenters. The van der Waals surface area contributed by atoms with Gasteiger partial charge in [0.05, 0.1) is 6.61 Å². The van der Waals surface area contributed by atoms with Crippen molar-refractivity contribution in [1.82, 2.24) is 4.98 Å². The predicted molar refractivity (Wildman–Crippen MR) is 133 cm³/mol. The van der Waals surface area contributed by atoms with Crippen molar-refractivity contribution in [2.75, 3.05) is 6.61 Å². The van der Waals surface area contributed by atoms with Crippen LogP contribution in [-0.4, -0.2) is 30.7 Å². The molecule has 1 aromatic heterocycles. The molecule has 0 bridgehead atoms. The minimum absolute atomic E-state index is 0.0151. The molecule has 1 N–H and O–H groups in total. The lowest BCUT2D eigenvalue weighted by Gasteiger charge is -2.38. The average Bonchev–Trinajstić information content (AvgIpc) is 2.75. The molecule has 0 fully saturated rings. The van der Waals surface area contributed by atoms with E-state index in [1.807, 2.05) is 24.3 Å². The van der Waals surface area contributed by atoms with Crippen LogP contribution in [-0.2, 0) is 0 Å². The Kier molecular flexibility index (Phi) is 9.11. The third kappa shape index (κ3) is 6.49. The van der Waals surface area contributed by atoms with Crippen LogP contribution in [0.4, 0.5) is 0 Å². The zero-order chi connectivity index (χ0) is 23.7. The number of hydrogen-bond donors (Lipinski definition) is 1. The number of ether oxygens (including phenoxy) is 1. The van der Waals surface area contributed by atoms with Crippen LogP contribution < -0.4 is 4.74 Å². The number of aromatic nitrogens is 1. The molecule has 1 aromatic carbocycles. The highest BCUT2D eigenvalue weighted by molar-refractivity contribution is 6.90. The van der Waals surface area contributed by atoms with E-state index in [1.165, 1.54) is 12.3 Å². The topological polar surface area (TPSA) is 59.4 Å². The summed E-state index contributed by atoms with van der Waals surface area (Å²) in [7, 11) is -1.68. The standard InChI is InChI=1S/C27H33NO3Si/c1-20(2)32(21(3)4,22(5)6)18-8-7-17-31-25-13-11-23(12-14-25)9-10-24-15-16-28-26(19-24)27(29)30/h11-16,19-22H,7,17H2,1-6H3,(H,29,30). The number of pyridine rings is 1. The molecular weight excluding hydrogens is 414 g/mol. The second-order valence-electron chi connectivity index (χ2n) is 8.81. The highest BCUT2D eigenvalue weighted by atomic mass is 28.3. The van der Waals surface area contributed by atoms with Crippen molar-refractivity contribution >= 4 is 14.0 Å². The fraction of sp³-hybridized carbons (Fsp3) is 0.407. The van der Waals surface area contributed by atoms with Crippen molar-refractivity contribution in [3.05, 3.63) is 59.4 Å². The van der Waals surface area contributed by atoms with Crippen molar-refractivity contribution in [2.24, 2.45) is 0 Å². The number of aromatic carboxylic acids is 1. The van der Waals surface area contributed by atoms with Gasteiger partial charge in [-0.3, -0.25) is 0 Å². The molecule has 0 aliphatic carbocycles.